The highest BCUT2D eigenvalue weighted by molar-refractivity contribution is 5.00. The number of hydrogen-bond donors (Lipinski definition) is 1. The quantitative estimate of drug-likeness (QED) is 0.866. The Labute approximate surface area is 123 Å². The third-order valence-electron chi connectivity index (χ3n) is 4.71. The molecule has 1 heterocycles. The van der Waals surface area contributed by atoms with Crippen LogP contribution in [0.25, 0.3) is 0 Å². The molecule has 1 aliphatic rings. The van der Waals surface area contributed by atoms with E-state index in [1.807, 2.05) is 4.68 Å². The van der Waals surface area contributed by atoms with Gasteiger partial charge in [-0.3, -0.25) is 0 Å². The molecule has 1 saturated carbocycles. The predicted octanol–water partition coefficient (Wildman–Crippen LogP) is 3.48. The fraction of sp³-hybridized carbons (Fsp3) is 0.875. The first-order chi connectivity index (χ1) is 9.54. The van der Waals surface area contributed by atoms with Crippen molar-refractivity contribution in [3.8, 4) is 0 Å². The van der Waals surface area contributed by atoms with Gasteiger partial charge >= 0.3 is 0 Å². The van der Waals surface area contributed by atoms with Crippen LogP contribution in [0.2, 0.25) is 0 Å². The summed E-state index contributed by atoms with van der Waals surface area (Å²) in [5, 5.41) is 4.32. The van der Waals surface area contributed by atoms with Crippen LogP contribution in [0.15, 0.2) is 6.33 Å². The van der Waals surface area contributed by atoms with E-state index in [0.29, 0.717) is 6.04 Å². The van der Waals surface area contributed by atoms with Crippen molar-refractivity contribution in [2.45, 2.75) is 83.7 Å². The first kappa shape index (κ1) is 15.5. The summed E-state index contributed by atoms with van der Waals surface area (Å²) >= 11 is 0. The molecule has 0 saturated heterocycles. The van der Waals surface area contributed by atoms with Crippen LogP contribution in [-0.4, -0.2) is 20.3 Å². The van der Waals surface area contributed by atoms with Gasteiger partial charge in [0, 0.05) is 18.0 Å². The Hall–Kier alpha value is -0.900. The van der Waals surface area contributed by atoms with Crippen molar-refractivity contribution >= 4 is 0 Å². The first-order valence-electron chi connectivity index (χ1n) is 8.21. The highest BCUT2D eigenvalue weighted by Gasteiger charge is 2.33. The minimum absolute atomic E-state index is 0.0671. The summed E-state index contributed by atoms with van der Waals surface area (Å²) in [5.41, 5.74) is 6.56. The molecule has 0 aliphatic heterocycles. The molecule has 20 heavy (non-hydrogen) atoms. The van der Waals surface area contributed by atoms with Crippen molar-refractivity contribution < 1.29 is 0 Å². The second-order valence-corrected chi connectivity index (χ2v) is 6.84. The van der Waals surface area contributed by atoms with Gasteiger partial charge in [0.15, 0.2) is 0 Å². The molecular formula is C16H30N4. The number of rotatable bonds is 6. The normalized spacial score (nSPS) is 27.1. The SMILES string of the molecule is CCCCC1CCC(N)(Cc2ncnn2C(C)C)CC1. The lowest BCUT2D eigenvalue weighted by atomic mass is 9.74. The molecule has 1 fully saturated rings. The lowest BCUT2D eigenvalue weighted by Gasteiger charge is -2.37. The first-order valence-corrected chi connectivity index (χ1v) is 8.21. The van der Waals surface area contributed by atoms with Crippen LogP contribution in [0.1, 0.15) is 77.6 Å². The lowest BCUT2D eigenvalue weighted by molar-refractivity contribution is 0.216. The number of nitrogens with two attached hydrogens (primary N) is 1. The molecule has 0 bridgehead atoms. The Kier molecular flexibility index (Phi) is 5.19. The predicted molar refractivity (Wildman–Crippen MR) is 82.5 cm³/mol. The van der Waals surface area contributed by atoms with Crippen LogP contribution < -0.4 is 5.73 Å². The van der Waals surface area contributed by atoms with Crippen molar-refractivity contribution in [3.63, 3.8) is 0 Å². The standard InChI is InChI=1S/C16H30N4/c1-4-5-6-14-7-9-16(17,10-8-14)11-15-18-12-19-20(15)13(2)3/h12-14H,4-11,17H2,1-3H3. The molecule has 1 aromatic heterocycles. The van der Waals surface area contributed by atoms with Crippen molar-refractivity contribution in [3.05, 3.63) is 12.2 Å². The molecule has 1 aromatic rings. The molecule has 0 atom stereocenters. The minimum atomic E-state index is -0.0671. The smallest absolute Gasteiger partial charge is 0.138 e. The summed E-state index contributed by atoms with van der Waals surface area (Å²) in [5.74, 6) is 1.95. The summed E-state index contributed by atoms with van der Waals surface area (Å²) in [4.78, 5) is 4.42. The van der Waals surface area contributed by atoms with Crippen molar-refractivity contribution in [2.24, 2.45) is 11.7 Å². The third kappa shape index (κ3) is 3.81. The average molecular weight is 278 g/mol. The van der Waals surface area contributed by atoms with Gasteiger partial charge in [-0.05, 0) is 45.4 Å². The van der Waals surface area contributed by atoms with Gasteiger partial charge in [-0.2, -0.15) is 5.10 Å². The van der Waals surface area contributed by atoms with Crippen molar-refractivity contribution in [2.75, 3.05) is 0 Å². The molecule has 0 spiro atoms. The van der Waals surface area contributed by atoms with Crippen LogP contribution in [0, 0.1) is 5.92 Å². The number of unbranched alkanes of at least 4 members (excludes halogenated alkanes) is 1. The van der Waals surface area contributed by atoms with Crippen LogP contribution in [0.3, 0.4) is 0 Å². The van der Waals surface area contributed by atoms with Gasteiger partial charge in [0.2, 0.25) is 0 Å². The average Bonchev–Trinajstić information content (AvgIpc) is 2.86. The number of hydrogen-bond acceptors (Lipinski definition) is 3. The molecule has 0 amide bonds. The highest BCUT2D eigenvalue weighted by atomic mass is 15.3. The second-order valence-electron chi connectivity index (χ2n) is 6.84. The summed E-state index contributed by atoms with van der Waals surface area (Å²) in [6.07, 6.45) is 11.4. The van der Waals surface area contributed by atoms with E-state index in [-0.39, 0.29) is 5.54 Å². The van der Waals surface area contributed by atoms with Gasteiger partial charge in [-0.1, -0.05) is 26.2 Å². The van der Waals surface area contributed by atoms with Crippen LogP contribution in [0.5, 0.6) is 0 Å². The van der Waals surface area contributed by atoms with E-state index in [1.54, 1.807) is 6.33 Å². The van der Waals surface area contributed by atoms with Gasteiger partial charge in [0.05, 0.1) is 0 Å². The highest BCUT2D eigenvalue weighted by Crippen LogP contribution is 2.35. The molecule has 1 aliphatic carbocycles. The van der Waals surface area contributed by atoms with Crippen LogP contribution in [-0.2, 0) is 6.42 Å². The molecule has 2 N–H and O–H groups in total. The molecule has 2 rings (SSSR count). The molecule has 114 valence electrons. The molecule has 0 aromatic carbocycles. The zero-order valence-corrected chi connectivity index (χ0v) is 13.3. The van der Waals surface area contributed by atoms with Crippen LogP contribution in [0.4, 0.5) is 0 Å². The summed E-state index contributed by atoms with van der Waals surface area (Å²) in [7, 11) is 0. The maximum absolute atomic E-state index is 6.63. The monoisotopic (exact) mass is 278 g/mol. The Morgan fingerprint density at radius 2 is 2.10 bits per heavy atom. The Morgan fingerprint density at radius 1 is 1.40 bits per heavy atom. The van der Waals surface area contributed by atoms with E-state index in [4.69, 9.17) is 5.73 Å². The van der Waals surface area contributed by atoms with Gasteiger partial charge < -0.3 is 5.73 Å². The third-order valence-corrected chi connectivity index (χ3v) is 4.71. The fourth-order valence-electron chi connectivity index (χ4n) is 3.36. The summed E-state index contributed by atoms with van der Waals surface area (Å²) < 4.78 is 2.01. The molecule has 0 radical (unpaired) electrons. The Morgan fingerprint density at radius 3 is 2.70 bits per heavy atom. The molecular weight excluding hydrogens is 248 g/mol. The summed E-state index contributed by atoms with van der Waals surface area (Å²) in [6.45, 7) is 6.56. The number of aromatic nitrogens is 3. The molecule has 4 nitrogen and oxygen atoms in total. The minimum Gasteiger partial charge on any atom is -0.325 e. The zero-order valence-electron chi connectivity index (χ0n) is 13.3. The van der Waals surface area contributed by atoms with Crippen LogP contribution >= 0.6 is 0 Å². The second kappa shape index (κ2) is 6.70. The zero-order chi connectivity index (χ0) is 14.6. The van der Waals surface area contributed by atoms with E-state index < -0.39 is 0 Å². The maximum atomic E-state index is 6.63. The maximum Gasteiger partial charge on any atom is 0.138 e. The van der Waals surface area contributed by atoms with E-state index in [2.05, 4.69) is 30.9 Å². The van der Waals surface area contributed by atoms with Gasteiger partial charge in [-0.15, -0.1) is 0 Å². The Bertz CT molecular complexity index is 402. The van der Waals surface area contributed by atoms with E-state index >= 15 is 0 Å². The fourth-order valence-corrected chi connectivity index (χ4v) is 3.36. The van der Waals surface area contributed by atoms with Crippen molar-refractivity contribution in [1.29, 1.82) is 0 Å². The Balaban J connectivity index is 1.91. The topological polar surface area (TPSA) is 56.7 Å². The molecule has 0 unspecified atom stereocenters. The lowest BCUT2D eigenvalue weighted by Crippen LogP contribution is -2.46. The van der Waals surface area contributed by atoms with Gasteiger partial charge in [0.1, 0.15) is 12.2 Å². The number of nitrogens with zero attached hydrogens (tertiary/aromatic N) is 3. The summed E-state index contributed by atoms with van der Waals surface area (Å²) in [6, 6.07) is 0.358. The largest absolute Gasteiger partial charge is 0.325 e. The van der Waals surface area contributed by atoms with Gasteiger partial charge in [-0.25, -0.2) is 9.67 Å². The molecule has 4 heteroatoms. The van der Waals surface area contributed by atoms with E-state index in [0.717, 1.165) is 31.0 Å². The van der Waals surface area contributed by atoms with Crippen molar-refractivity contribution in [1.82, 2.24) is 14.8 Å². The van der Waals surface area contributed by atoms with Gasteiger partial charge in [0.25, 0.3) is 0 Å². The van der Waals surface area contributed by atoms with E-state index in [1.165, 1.54) is 32.1 Å². The van der Waals surface area contributed by atoms with E-state index in [9.17, 15) is 0 Å².